The fourth-order valence-corrected chi connectivity index (χ4v) is 3.11. The predicted octanol–water partition coefficient (Wildman–Crippen LogP) is 1.08. The van der Waals surface area contributed by atoms with Crippen molar-refractivity contribution in [3.8, 4) is 0 Å². The first-order valence-electron chi connectivity index (χ1n) is 6.40. The molecule has 1 atom stereocenters. The van der Waals surface area contributed by atoms with Crippen molar-refractivity contribution in [2.75, 3.05) is 16.9 Å². The molecule has 0 aromatic carbocycles. The van der Waals surface area contributed by atoms with Crippen molar-refractivity contribution in [2.45, 2.75) is 33.2 Å². The zero-order chi connectivity index (χ0) is 14.8. The molecule has 1 aliphatic rings. The van der Waals surface area contributed by atoms with Gasteiger partial charge in [-0.2, -0.15) is 10.1 Å². The average molecular weight is 297 g/mol. The van der Waals surface area contributed by atoms with Gasteiger partial charge in [-0.05, 0) is 5.41 Å². The van der Waals surface area contributed by atoms with Gasteiger partial charge in [0, 0.05) is 12.2 Å². The Morgan fingerprint density at radius 3 is 2.90 bits per heavy atom. The quantitative estimate of drug-likeness (QED) is 0.871. The minimum atomic E-state index is -0.444. The Bertz CT molecular complexity index is 483. The highest BCUT2D eigenvalue weighted by atomic mass is 32.2. The fraction of sp³-hybridized carbons (Fsp3) is 0.667. The summed E-state index contributed by atoms with van der Waals surface area (Å²) in [7, 11) is 0. The molecule has 7 nitrogen and oxygen atoms in total. The lowest BCUT2D eigenvalue weighted by molar-refractivity contribution is -0.137. The molecule has 8 heteroatoms. The standard InChI is InChI=1S/C12H19N5O2S/c1-12(2,3)4-9(18)17-7-20-5-8(17)10(19)15-11-13-6-14-16-11/h6,8H,4-5,7H2,1-3H3,(H2,13,14,15,16,19)/t8-/m1/s1. The number of carbonyl (C=O) groups excluding carboxylic acids is 2. The Labute approximate surface area is 121 Å². The van der Waals surface area contributed by atoms with E-state index in [1.165, 1.54) is 6.33 Å². The van der Waals surface area contributed by atoms with Crippen LogP contribution in [0.1, 0.15) is 27.2 Å². The van der Waals surface area contributed by atoms with Crippen LogP contribution in [-0.4, -0.2) is 49.6 Å². The number of anilines is 1. The van der Waals surface area contributed by atoms with Crippen molar-refractivity contribution in [3.63, 3.8) is 0 Å². The third-order valence-corrected chi connectivity index (χ3v) is 3.86. The van der Waals surface area contributed by atoms with Crippen molar-refractivity contribution < 1.29 is 9.59 Å². The highest BCUT2D eigenvalue weighted by Crippen LogP contribution is 2.26. The summed E-state index contributed by atoms with van der Waals surface area (Å²) in [5.41, 5.74) is -0.0870. The number of rotatable bonds is 3. The Kier molecular flexibility index (Phi) is 4.32. The molecule has 20 heavy (non-hydrogen) atoms. The highest BCUT2D eigenvalue weighted by Gasteiger charge is 2.36. The molecule has 0 aliphatic carbocycles. The van der Waals surface area contributed by atoms with Crippen molar-refractivity contribution in [1.29, 1.82) is 0 Å². The van der Waals surface area contributed by atoms with E-state index in [9.17, 15) is 9.59 Å². The Morgan fingerprint density at radius 1 is 1.55 bits per heavy atom. The Morgan fingerprint density at radius 2 is 2.30 bits per heavy atom. The van der Waals surface area contributed by atoms with Crippen LogP contribution in [0.5, 0.6) is 0 Å². The van der Waals surface area contributed by atoms with Gasteiger partial charge in [-0.15, -0.1) is 11.8 Å². The van der Waals surface area contributed by atoms with Crippen molar-refractivity contribution in [3.05, 3.63) is 6.33 Å². The molecule has 1 aromatic rings. The molecule has 2 rings (SSSR count). The normalized spacial score (nSPS) is 19.1. The second-order valence-electron chi connectivity index (χ2n) is 5.94. The highest BCUT2D eigenvalue weighted by molar-refractivity contribution is 7.99. The van der Waals surface area contributed by atoms with E-state index < -0.39 is 6.04 Å². The molecule has 0 bridgehead atoms. The maximum Gasteiger partial charge on any atom is 0.250 e. The van der Waals surface area contributed by atoms with Crippen LogP contribution in [0.4, 0.5) is 5.95 Å². The molecular formula is C12H19N5O2S. The summed E-state index contributed by atoms with van der Waals surface area (Å²) in [4.78, 5) is 30.0. The first-order valence-corrected chi connectivity index (χ1v) is 7.56. The summed E-state index contributed by atoms with van der Waals surface area (Å²) in [5, 5.41) is 8.87. The van der Waals surface area contributed by atoms with Crippen LogP contribution in [0.25, 0.3) is 0 Å². The first-order chi connectivity index (χ1) is 9.37. The number of carbonyl (C=O) groups is 2. The molecule has 1 aromatic heterocycles. The van der Waals surface area contributed by atoms with Crippen LogP contribution >= 0.6 is 11.8 Å². The fourth-order valence-electron chi connectivity index (χ4n) is 1.93. The van der Waals surface area contributed by atoms with E-state index in [0.29, 0.717) is 24.0 Å². The molecule has 2 amide bonds. The number of aromatic nitrogens is 3. The summed E-state index contributed by atoms with van der Waals surface area (Å²) >= 11 is 1.58. The number of H-pyrrole nitrogens is 1. The van der Waals surface area contributed by atoms with E-state index in [1.54, 1.807) is 16.7 Å². The molecule has 0 unspecified atom stereocenters. The zero-order valence-electron chi connectivity index (χ0n) is 11.8. The summed E-state index contributed by atoms with van der Waals surface area (Å²) in [6.07, 6.45) is 1.75. The molecule has 110 valence electrons. The van der Waals surface area contributed by atoms with Gasteiger partial charge in [0.1, 0.15) is 12.4 Å². The van der Waals surface area contributed by atoms with Gasteiger partial charge in [0.05, 0.1) is 5.88 Å². The van der Waals surface area contributed by atoms with Crippen LogP contribution < -0.4 is 5.32 Å². The van der Waals surface area contributed by atoms with Gasteiger partial charge >= 0.3 is 0 Å². The molecule has 0 spiro atoms. The van der Waals surface area contributed by atoms with E-state index in [1.807, 2.05) is 20.8 Å². The number of nitrogens with one attached hydrogen (secondary N) is 2. The number of hydrogen-bond donors (Lipinski definition) is 2. The van der Waals surface area contributed by atoms with E-state index in [2.05, 4.69) is 20.5 Å². The molecular weight excluding hydrogens is 278 g/mol. The summed E-state index contributed by atoms with van der Waals surface area (Å²) in [6, 6.07) is -0.444. The lowest BCUT2D eigenvalue weighted by Crippen LogP contribution is -2.45. The van der Waals surface area contributed by atoms with Gasteiger partial charge in [0.25, 0.3) is 0 Å². The van der Waals surface area contributed by atoms with Gasteiger partial charge in [0.15, 0.2) is 0 Å². The first kappa shape index (κ1) is 14.8. The number of aromatic amines is 1. The second kappa shape index (κ2) is 5.82. The van der Waals surface area contributed by atoms with Gasteiger partial charge < -0.3 is 4.90 Å². The van der Waals surface area contributed by atoms with Crippen LogP contribution in [0, 0.1) is 5.41 Å². The van der Waals surface area contributed by atoms with Crippen molar-refractivity contribution >= 4 is 29.5 Å². The number of thioether (sulfide) groups is 1. The molecule has 1 aliphatic heterocycles. The maximum absolute atomic E-state index is 12.3. The van der Waals surface area contributed by atoms with E-state index >= 15 is 0 Å². The van der Waals surface area contributed by atoms with Gasteiger partial charge in [-0.25, -0.2) is 5.10 Å². The summed E-state index contributed by atoms with van der Waals surface area (Å²) in [5.74, 6) is 1.25. The average Bonchev–Trinajstić information content (AvgIpc) is 2.96. The lowest BCUT2D eigenvalue weighted by atomic mass is 9.91. The number of nitrogens with zero attached hydrogens (tertiary/aromatic N) is 3. The van der Waals surface area contributed by atoms with Crippen molar-refractivity contribution in [1.82, 2.24) is 20.1 Å². The molecule has 2 heterocycles. The Balaban J connectivity index is 1.99. The smallest absolute Gasteiger partial charge is 0.250 e. The minimum absolute atomic E-state index is 0.0141. The number of hydrogen-bond acceptors (Lipinski definition) is 5. The van der Waals surface area contributed by atoms with Crippen LogP contribution in [0.2, 0.25) is 0 Å². The van der Waals surface area contributed by atoms with Crippen LogP contribution in [-0.2, 0) is 9.59 Å². The lowest BCUT2D eigenvalue weighted by Gasteiger charge is -2.26. The molecule has 2 N–H and O–H groups in total. The largest absolute Gasteiger partial charge is 0.321 e. The van der Waals surface area contributed by atoms with Gasteiger partial charge in [-0.1, -0.05) is 20.8 Å². The van der Waals surface area contributed by atoms with Gasteiger partial charge in [0.2, 0.25) is 17.8 Å². The molecule has 1 fully saturated rings. The summed E-state index contributed by atoms with van der Waals surface area (Å²) in [6.45, 7) is 6.03. The second-order valence-corrected chi connectivity index (χ2v) is 6.94. The van der Waals surface area contributed by atoms with Crippen LogP contribution in [0.15, 0.2) is 6.33 Å². The third kappa shape index (κ3) is 3.72. The van der Waals surface area contributed by atoms with Crippen molar-refractivity contribution in [2.24, 2.45) is 5.41 Å². The Hall–Kier alpha value is -1.57. The van der Waals surface area contributed by atoms with E-state index in [0.717, 1.165) is 0 Å². The number of amides is 2. The molecule has 0 radical (unpaired) electrons. The molecule has 0 saturated carbocycles. The minimum Gasteiger partial charge on any atom is -0.321 e. The topological polar surface area (TPSA) is 91.0 Å². The maximum atomic E-state index is 12.3. The summed E-state index contributed by atoms with van der Waals surface area (Å²) < 4.78 is 0. The van der Waals surface area contributed by atoms with E-state index in [-0.39, 0.29) is 17.2 Å². The zero-order valence-corrected chi connectivity index (χ0v) is 12.7. The predicted molar refractivity (Wildman–Crippen MR) is 77.0 cm³/mol. The monoisotopic (exact) mass is 297 g/mol. The SMILES string of the molecule is CC(C)(C)CC(=O)N1CSC[C@@H]1C(=O)Nc1ncn[nH]1. The molecule has 1 saturated heterocycles. The van der Waals surface area contributed by atoms with Gasteiger partial charge in [-0.3, -0.25) is 14.9 Å². The van der Waals surface area contributed by atoms with Crippen LogP contribution in [0.3, 0.4) is 0 Å². The third-order valence-electron chi connectivity index (χ3n) is 2.84. The van der Waals surface area contributed by atoms with E-state index in [4.69, 9.17) is 0 Å².